The first kappa shape index (κ1) is 12.8. The molecule has 2 aromatic rings. The predicted octanol–water partition coefficient (Wildman–Crippen LogP) is 1.65. The van der Waals surface area contributed by atoms with E-state index in [1.165, 1.54) is 0 Å². The second-order valence-corrected chi connectivity index (χ2v) is 4.13. The number of nitrogens with zero attached hydrogens (tertiary/aromatic N) is 4. The summed E-state index contributed by atoms with van der Waals surface area (Å²) in [6, 6.07) is 11.1. The molecule has 0 atom stereocenters. The van der Waals surface area contributed by atoms with Crippen molar-refractivity contribution in [2.45, 2.75) is 6.92 Å². The first-order chi connectivity index (χ1) is 9.11. The van der Waals surface area contributed by atoms with E-state index >= 15 is 0 Å². The third kappa shape index (κ3) is 2.79. The van der Waals surface area contributed by atoms with Gasteiger partial charge in [-0.25, -0.2) is 0 Å². The molecule has 6 heteroatoms. The van der Waals surface area contributed by atoms with Crippen molar-refractivity contribution in [1.29, 1.82) is 0 Å². The second-order valence-electron chi connectivity index (χ2n) is 4.13. The molecule has 1 heterocycles. The molecule has 0 spiro atoms. The van der Waals surface area contributed by atoms with Crippen molar-refractivity contribution in [2.24, 2.45) is 10.9 Å². The van der Waals surface area contributed by atoms with Gasteiger partial charge in [-0.15, -0.1) is 5.10 Å². The molecular weight excluding hydrogens is 242 g/mol. The van der Waals surface area contributed by atoms with Crippen molar-refractivity contribution in [2.75, 3.05) is 11.9 Å². The second kappa shape index (κ2) is 5.34. The average Bonchev–Trinajstić information content (AvgIpc) is 2.46. The number of nitrogens with two attached hydrogens (primary N) is 1. The van der Waals surface area contributed by atoms with Gasteiger partial charge in [-0.2, -0.15) is 5.10 Å². The van der Waals surface area contributed by atoms with Crippen molar-refractivity contribution in [3.05, 3.63) is 47.7 Å². The van der Waals surface area contributed by atoms with E-state index in [0.717, 1.165) is 17.2 Å². The molecule has 0 amide bonds. The zero-order valence-electron chi connectivity index (χ0n) is 10.8. The number of aromatic nitrogens is 2. The highest BCUT2D eigenvalue weighted by Crippen LogP contribution is 2.21. The van der Waals surface area contributed by atoms with Gasteiger partial charge in [0.15, 0.2) is 11.7 Å². The van der Waals surface area contributed by atoms with Crippen LogP contribution < -0.4 is 10.6 Å². The highest BCUT2D eigenvalue weighted by Gasteiger charge is 2.07. The highest BCUT2D eigenvalue weighted by atomic mass is 16.4. The minimum Gasteiger partial charge on any atom is -0.409 e. The summed E-state index contributed by atoms with van der Waals surface area (Å²) >= 11 is 0. The molecule has 6 nitrogen and oxygen atoms in total. The van der Waals surface area contributed by atoms with Gasteiger partial charge >= 0.3 is 0 Å². The fraction of sp³-hybridized carbons (Fsp3) is 0.154. The van der Waals surface area contributed by atoms with Gasteiger partial charge in [-0.05, 0) is 31.2 Å². The Labute approximate surface area is 111 Å². The predicted molar refractivity (Wildman–Crippen MR) is 73.8 cm³/mol. The third-order valence-electron chi connectivity index (χ3n) is 2.76. The lowest BCUT2D eigenvalue weighted by Crippen LogP contribution is -2.16. The summed E-state index contributed by atoms with van der Waals surface area (Å²) in [4.78, 5) is 1.88. The van der Waals surface area contributed by atoms with Crippen LogP contribution in [0.15, 0.2) is 41.6 Å². The summed E-state index contributed by atoms with van der Waals surface area (Å²) in [5.74, 6) is 0.799. The van der Waals surface area contributed by atoms with Crippen LogP contribution in [0.4, 0.5) is 11.5 Å². The summed E-state index contributed by atoms with van der Waals surface area (Å²) in [7, 11) is 1.88. The average molecular weight is 257 g/mol. The van der Waals surface area contributed by atoms with Crippen LogP contribution in [-0.4, -0.2) is 28.3 Å². The van der Waals surface area contributed by atoms with Gasteiger partial charge in [0.05, 0.1) is 5.69 Å². The van der Waals surface area contributed by atoms with Gasteiger partial charge in [0.1, 0.15) is 0 Å². The van der Waals surface area contributed by atoms with Crippen molar-refractivity contribution in [1.82, 2.24) is 10.2 Å². The standard InChI is InChI=1S/C13H15N5O/c1-9-6-7-12(16-15-9)18(2)11-5-3-4-10(8-11)13(14)17-19/h3-8,19H,1-2H3,(H2,14,17). The molecule has 1 aromatic carbocycles. The van der Waals surface area contributed by atoms with Crippen molar-refractivity contribution in [3.63, 3.8) is 0 Å². The van der Waals surface area contributed by atoms with Crippen LogP contribution in [0.5, 0.6) is 0 Å². The summed E-state index contributed by atoms with van der Waals surface area (Å²) in [5, 5.41) is 19.8. The number of rotatable bonds is 3. The molecule has 0 radical (unpaired) electrons. The first-order valence-corrected chi connectivity index (χ1v) is 5.74. The minimum absolute atomic E-state index is 0.0743. The van der Waals surface area contributed by atoms with Crippen LogP contribution in [-0.2, 0) is 0 Å². The van der Waals surface area contributed by atoms with Crippen LogP contribution in [0, 0.1) is 6.92 Å². The lowest BCUT2D eigenvalue weighted by Gasteiger charge is -2.18. The Morgan fingerprint density at radius 3 is 2.68 bits per heavy atom. The lowest BCUT2D eigenvalue weighted by atomic mass is 10.2. The lowest BCUT2D eigenvalue weighted by molar-refractivity contribution is 0.318. The van der Waals surface area contributed by atoms with E-state index in [0.29, 0.717) is 5.56 Å². The monoisotopic (exact) mass is 257 g/mol. The van der Waals surface area contributed by atoms with Gasteiger partial charge in [-0.3, -0.25) is 0 Å². The zero-order chi connectivity index (χ0) is 13.8. The van der Waals surface area contributed by atoms with Crippen molar-refractivity contribution in [3.8, 4) is 0 Å². The minimum atomic E-state index is 0.0743. The molecule has 0 fully saturated rings. The normalized spacial score (nSPS) is 11.4. The van der Waals surface area contributed by atoms with Crippen molar-refractivity contribution < 1.29 is 5.21 Å². The number of aryl methyl sites for hydroxylation is 1. The van der Waals surface area contributed by atoms with Crippen LogP contribution in [0.25, 0.3) is 0 Å². The largest absolute Gasteiger partial charge is 0.409 e. The van der Waals surface area contributed by atoms with Crippen LogP contribution in [0.1, 0.15) is 11.3 Å². The fourth-order valence-electron chi connectivity index (χ4n) is 1.63. The van der Waals surface area contributed by atoms with E-state index in [2.05, 4.69) is 15.4 Å². The molecule has 0 aliphatic heterocycles. The SMILES string of the molecule is Cc1ccc(N(C)c2cccc(C(N)=NO)c2)nn1. The molecule has 2 rings (SSSR count). The molecule has 0 saturated heterocycles. The fourth-order valence-corrected chi connectivity index (χ4v) is 1.63. The Bertz CT molecular complexity index is 594. The summed E-state index contributed by atoms with van der Waals surface area (Å²) in [6.07, 6.45) is 0. The van der Waals surface area contributed by atoms with Gasteiger partial charge < -0.3 is 15.8 Å². The van der Waals surface area contributed by atoms with Crippen LogP contribution in [0.3, 0.4) is 0 Å². The molecule has 0 bridgehead atoms. The summed E-state index contributed by atoms with van der Waals surface area (Å²) in [5.41, 5.74) is 7.96. The van der Waals surface area contributed by atoms with E-state index in [1.807, 2.05) is 49.2 Å². The Morgan fingerprint density at radius 1 is 1.26 bits per heavy atom. The first-order valence-electron chi connectivity index (χ1n) is 5.74. The maximum Gasteiger partial charge on any atom is 0.170 e. The quantitative estimate of drug-likeness (QED) is 0.378. The molecule has 0 aliphatic rings. The molecule has 98 valence electrons. The van der Waals surface area contributed by atoms with E-state index in [4.69, 9.17) is 10.9 Å². The Morgan fingerprint density at radius 2 is 2.05 bits per heavy atom. The Kier molecular flexibility index (Phi) is 3.61. The zero-order valence-corrected chi connectivity index (χ0v) is 10.8. The number of anilines is 2. The molecule has 1 aromatic heterocycles. The third-order valence-corrected chi connectivity index (χ3v) is 2.76. The summed E-state index contributed by atoms with van der Waals surface area (Å²) in [6.45, 7) is 1.88. The molecule has 3 N–H and O–H groups in total. The van der Waals surface area contributed by atoms with E-state index < -0.39 is 0 Å². The molecule has 0 aliphatic carbocycles. The van der Waals surface area contributed by atoms with Crippen molar-refractivity contribution >= 4 is 17.3 Å². The smallest absolute Gasteiger partial charge is 0.170 e. The molecule has 19 heavy (non-hydrogen) atoms. The molecule has 0 unspecified atom stereocenters. The van der Waals surface area contributed by atoms with E-state index in [1.54, 1.807) is 6.07 Å². The Balaban J connectivity index is 2.33. The molecular formula is C13H15N5O. The topological polar surface area (TPSA) is 87.6 Å². The molecule has 0 saturated carbocycles. The van der Waals surface area contributed by atoms with Gasteiger partial charge in [0.25, 0.3) is 0 Å². The van der Waals surface area contributed by atoms with Gasteiger partial charge in [0, 0.05) is 18.3 Å². The number of oxime groups is 1. The number of hydrogen-bond acceptors (Lipinski definition) is 5. The number of amidine groups is 1. The van der Waals surface area contributed by atoms with Crippen LogP contribution in [0.2, 0.25) is 0 Å². The van der Waals surface area contributed by atoms with Crippen LogP contribution >= 0.6 is 0 Å². The summed E-state index contributed by atoms with van der Waals surface area (Å²) < 4.78 is 0. The van der Waals surface area contributed by atoms with E-state index in [-0.39, 0.29) is 5.84 Å². The number of benzene rings is 1. The maximum atomic E-state index is 8.69. The van der Waals surface area contributed by atoms with Gasteiger partial charge in [-0.1, -0.05) is 17.3 Å². The highest BCUT2D eigenvalue weighted by molar-refractivity contribution is 5.97. The van der Waals surface area contributed by atoms with Gasteiger partial charge in [0.2, 0.25) is 0 Å². The van der Waals surface area contributed by atoms with E-state index in [9.17, 15) is 0 Å². The number of hydrogen-bond donors (Lipinski definition) is 2. The maximum absolute atomic E-state index is 8.69. The Hall–Kier alpha value is -2.63.